The third-order valence-electron chi connectivity index (χ3n) is 2.39. The van der Waals surface area contributed by atoms with E-state index in [0.717, 1.165) is 30.0 Å². The number of amides is 1. The minimum absolute atomic E-state index is 0.0984. The van der Waals surface area contributed by atoms with Crippen LogP contribution in [0, 0.1) is 0 Å². The third kappa shape index (κ3) is 2.55. The standard InChI is InChI=1S/C11H15NOS2/c1-2-4-12-11(13)10-6-8-7-14-5-3-9(8)15-10/h6H,2-5,7H2,1H3,(H,12,13). The van der Waals surface area contributed by atoms with Crippen molar-refractivity contribution < 1.29 is 4.79 Å². The lowest BCUT2D eigenvalue weighted by atomic mass is 10.2. The second kappa shape index (κ2) is 5.03. The number of aryl methyl sites for hydroxylation is 1. The van der Waals surface area contributed by atoms with Gasteiger partial charge in [0.15, 0.2) is 0 Å². The molecule has 1 amide bonds. The van der Waals surface area contributed by atoms with Crippen LogP contribution < -0.4 is 5.32 Å². The van der Waals surface area contributed by atoms with E-state index in [2.05, 4.69) is 18.3 Å². The zero-order valence-corrected chi connectivity index (χ0v) is 10.5. The van der Waals surface area contributed by atoms with Gasteiger partial charge in [0, 0.05) is 17.2 Å². The Morgan fingerprint density at radius 2 is 2.47 bits per heavy atom. The molecular weight excluding hydrogens is 226 g/mol. The molecule has 1 N–H and O–H groups in total. The smallest absolute Gasteiger partial charge is 0.261 e. The Kier molecular flexibility index (Phi) is 3.70. The first-order valence-electron chi connectivity index (χ1n) is 5.28. The molecule has 0 spiro atoms. The summed E-state index contributed by atoms with van der Waals surface area (Å²) in [6, 6.07) is 2.07. The van der Waals surface area contributed by atoms with Crippen LogP contribution >= 0.6 is 23.1 Å². The summed E-state index contributed by atoms with van der Waals surface area (Å²) in [6.07, 6.45) is 2.12. The molecule has 0 aliphatic carbocycles. The maximum Gasteiger partial charge on any atom is 0.261 e. The van der Waals surface area contributed by atoms with E-state index in [1.54, 1.807) is 11.3 Å². The predicted octanol–water partition coefficient (Wildman–Crippen LogP) is 2.68. The van der Waals surface area contributed by atoms with Crippen molar-refractivity contribution in [3.05, 3.63) is 21.4 Å². The molecule has 1 aromatic rings. The van der Waals surface area contributed by atoms with E-state index in [9.17, 15) is 4.79 Å². The molecule has 2 heterocycles. The van der Waals surface area contributed by atoms with Crippen LogP contribution in [0.5, 0.6) is 0 Å². The lowest BCUT2D eigenvalue weighted by Crippen LogP contribution is -2.22. The summed E-state index contributed by atoms with van der Waals surface area (Å²) in [5.74, 6) is 2.37. The predicted molar refractivity (Wildman–Crippen MR) is 66.8 cm³/mol. The lowest BCUT2D eigenvalue weighted by molar-refractivity contribution is 0.0957. The molecule has 2 rings (SSSR count). The number of nitrogens with one attached hydrogen (secondary N) is 1. The van der Waals surface area contributed by atoms with Crippen molar-refractivity contribution in [3.8, 4) is 0 Å². The molecule has 0 fully saturated rings. The number of fused-ring (bicyclic) bond motifs is 1. The highest BCUT2D eigenvalue weighted by atomic mass is 32.2. The van der Waals surface area contributed by atoms with Gasteiger partial charge in [0.1, 0.15) is 0 Å². The lowest BCUT2D eigenvalue weighted by Gasteiger charge is -2.08. The molecule has 0 bridgehead atoms. The van der Waals surface area contributed by atoms with Crippen molar-refractivity contribution in [3.63, 3.8) is 0 Å². The van der Waals surface area contributed by atoms with Crippen LogP contribution in [0.1, 0.15) is 33.5 Å². The molecule has 0 saturated carbocycles. The Bertz CT molecular complexity index is 336. The fourth-order valence-electron chi connectivity index (χ4n) is 1.58. The van der Waals surface area contributed by atoms with Crippen LogP contribution in [0.3, 0.4) is 0 Å². The van der Waals surface area contributed by atoms with Crippen LogP contribution in [-0.4, -0.2) is 18.2 Å². The molecule has 0 aromatic carbocycles. The molecule has 0 radical (unpaired) electrons. The average molecular weight is 241 g/mol. The first-order chi connectivity index (χ1) is 7.31. The largest absolute Gasteiger partial charge is 0.351 e. The summed E-state index contributed by atoms with van der Waals surface area (Å²) in [7, 11) is 0. The van der Waals surface area contributed by atoms with Gasteiger partial charge >= 0.3 is 0 Å². The van der Waals surface area contributed by atoms with Crippen molar-refractivity contribution in [2.24, 2.45) is 0 Å². The zero-order chi connectivity index (χ0) is 10.7. The molecular formula is C11H15NOS2. The first kappa shape index (κ1) is 11.0. The summed E-state index contributed by atoms with van der Waals surface area (Å²) in [5, 5.41) is 2.92. The second-order valence-corrected chi connectivity index (χ2v) is 5.86. The van der Waals surface area contributed by atoms with Gasteiger partial charge in [-0.2, -0.15) is 11.8 Å². The summed E-state index contributed by atoms with van der Waals surface area (Å²) in [5.41, 5.74) is 1.37. The van der Waals surface area contributed by atoms with Gasteiger partial charge in [-0.15, -0.1) is 11.3 Å². The molecule has 1 aromatic heterocycles. The number of hydrogen-bond acceptors (Lipinski definition) is 3. The fraction of sp³-hybridized carbons (Fsp3) is 0.545. The van der Waals surface area contributed by atoms with Gasteiger partial charge in [-0.1, -0.05) is 6.92 Å². The van der Waals surface area contributed by atoms with E-state index in [1.807, 2.05) is 11.8 Å². The summed E-state index contributed by atoms with van der Waals surface area (Å²) in [6.45, 7) is 2.84. The SMILES string of the molecule is CCCNC(=O)c1cc2c(s1)CCSC2. The van der Waals surface area contributed by atoms with Gasteiger partial charge in [0.05, 0.1) is 4.88 Å². The summed E-state index contributed by atoms with van der Waals surface area (Å²) < 4.78 is 0. The highest BCUT2D eigenvalue weighted by Gasteiger charge is 2.16. The first-order valence-corrected chi connectivity index (χ1v) is 7.26. The molecule has 1 aliphatic rings. The number of thiophene rings is 1. The number of hydrogen-bond donors (Lipinski definition) is 1. The van der Waals surface area contributed by atoms with Crippen molar-refractivity contribution >= 4 is 29.0 Å². The number of rotatable bonds is 3. The topological polar surface area (TPSA) is 29.1 Å². The van der Waals surface area contributed by atoms with Gasteiger partial charge in [0.25, 0.3) is 5.91 Å². The summed E-state index contributed by atoms with van der Waals surface area (Å²) >= 11 is 3.62. The van der Waals surface area contributed by atoms with Crippen LogP contribution in [0.25, 0.3) is 0 Å². The van der Waals surface area contributed by atoms with Crippen LogP contribution in [0.4, 0.5) is 0 Å². The molecule has 2 nitrogen and oxygen atoms in total. The molecule has 82 valence electrons. The molecule has 15 heavy (non-hydrogen) atoms. The zero-order valence-electron chi connectivity index (χ0n) is 8.84. The highest BCUT2D eigenvalue weighted by Crippen LogP contribution is 2.31. The highest BCUT2D eigenvalue weighted by molar-refractivity contribution is 7.98. The van der Waals surface area contributed by atoms with Gasteiger partial charge in [-0.25, -0.2) is 0 Å². The van der Waals surface area contributed by atoms with Crippen molar-refractivity contribution in [2.75, 3.05) is 12.3 Å². The minimum Gasteiger partial charge on any atom is -0.351 e. The van der Waals surface area contributed by atoms with Crippen LogP contribution in [-0.2, 0) is 12.2 Å². The Morgan fingerprint density at radius 3 is 3.20 bits per heavy atom. The second-order valence-electron chi connectivity index (χ2n) is 3.62. The Hall–Kier alpha value is -0.480. The molecule has 0 unspecified atom stereocenters. The van der Waals surface area contributed by atoms with Crippen LogP contribution in [0.15, 0.2) is 6.07 Å². The van der Waals surface area contributed by atoms with Crippen molar-refractivity contribution in [1.29, 1.82) is 0 Å². The molecule has 0 saturated heterocycles. The number of carbonyl (C=O) groups is 1. The Labute approximate surface area is 98.5 Å². The normalized spacial score (nSPS) is 14.7. The van der Waals surface area contributed by atoms with Gasteiger partial charge in [-0.3, -0.25) is 4.79 Å². The van der Waals surface area contributed by atoms with E-state index < -0.39 is 0 Å². The van der Waals surface area contributed by atoms with E-state index in [0.29, 0.717) is 0 Å². The molecule has 0 atom stereocenters. The molecule has 1 aliphatic heterocycles. The van der Waals surface area contributed by atoms with E-state index in [-0.39, 0.29) is 5.91 Å². The van der Waals surface area contributed by atoms with Gasteiger partial charge in [0.2, 0.25) is 0 Å². The Balaban J connectivity index is 2.08. The van der Waals surface area contributed by atoms with Crippen LogP contribution in [0.2, 0.25) is 0 Å². The monoisotopic (exact) mass is 241 g/mol. The molecule has 4 heteroatoms. The quantitative estimate of drug-likeness (QED) is 0.881. The average Bonchev–Trinajstić information content (AvgIpc) is 2.69. The van der Waals surface area contributed by atoms with Crippen molar-refractivity contribution in [1.82, 2.24) is 5.32 Å². The van der Waals surface area contributed by atoms with Gasteiger partial charge in [-0.05, 0) is 30.2 Å². The third-order valence-corrected chi connectivity index (χ3v) is 4.63. The van der Waals surface area contributed by atoms with E-state index in [4.69, 9.17) is 0 Å². The maximum atomic E-state index is 11.7. The maximum absolute atomic E-state index is 11.7. The van der Waals surface area contributed by atoms with E-state index >= 15 is 0 Å². The fourth-order valence-corrected chi connectivity index (χ4v) is 3.87. The Morgan fingerprint density at radius 1 is 1.60 bits per heavy atom. The van der Waals surface area contributed by atoms with E-state index in [1.165, 1.54) is 16.2 Å². The number of thioether (sulfide) groups is 1. The summed E-state index contributed by atoms with van der Waals surface area (Å²) in [4.78, 5) is 14.0. The number of carbonyl (C=O) groups excluding carboxylic acids is 1. The minimum atomic E-state index is 0.0984. The van der Waals surface area contributed by atoms with Gasteiger partial charge < -0.3 is 5.32 Å². The van der Waals surface area contributed by atoms with Crippen molar-refractivity contribution in [2.45, 2.75) is 25.5 Å².